The maximum Gasteiger partial charge on any atom is 0.148 e. The fourth-order valence-electron chi connectivity index (χ4n) is 4.71. The Morgan fingerprint density at radius 3 is 2.30 bits per heavy atom. The zero-order valence-electron chi connectivity index (χ0n) is 20.9. The number of aromatic nitrogens is 5. The molecule has 6 rings (SSSR count). The normalized spacial score (nSPS) is 11.2. The molecule has 6 heteroatoms. The van der Waals surface area contributed by atoms with Gasteiger partial charge in [0.05, 0.1) is 17.4 Å². The minimum absolute atomic E-state index is 0.370. The molecular formula is C31H27N5O. The van der Waals surface area contributed by atoms with Crippen LogP contribution in [0.15, 0.2) is 104 Å². The molecule has 3 heterocycles. The van der Waals surface area contributed by atoms with E-state index in [1.165, 1.54) is 16.7 Å². The van der Waals surface area contributed by atoms with Gasteiger partial charge in [0.25, 0.3) is 0 Å². The Hall–Kier alpha value is -4.71. The lowest BCUT2D eigenvalue weighted by atomic mass is 10.0. The molecule has 0 N–H and O–H groups in total. The van der Waals surface area contributed by atoms with Crippen LogP contribution in [0.2, 0.25) is 0 Å². The van der Waals surface area contributed by atoms with E-state index in [0.717, 1.165) is 46.0 Å². The summed E-state index contributed by atoms with van der Waals surface area (Å²) in [6, 6.07) is 25.0. The minimum Gasteiger partial charge on any atom is -0.486 e. The second-order valence-corrected chi connectivity index (χ2v) is 9.18. The Kier molecular flexibility index (Phi) is 5.98. The van der Waals surface area contributed by atoms with Crippen LogP contribution in [0, 0.1) is 13.8 Å². The van der Waals surface area contributed by atoms with Crippen molar-refractivity contribution in [2.75, 3.05) is 0 Å². The van der Waals surface area contributed by atoms with Crippen molar-refractivity contribution in [1.82, 2.24) is 24.1 Å². The lowest BCUT2D eigenvalue weighted by molar-refractivity contribution is 0.291. The Morgan fingerprint density at radius 2 is 1.57 bits per heavy atom. The molecule has 0 bridgehead atoms. The van der Waals surface area contributed by atoms with Gasteiger partial charge in [0.15, 0.2) is 0 Å². The SMILES string of the molecule is Cc1cccc(C)c1Cn1c(COc2ccc(-n3ccnc3)cc2)nc2ccc(-c3ccncc3)cc21. The fraction of sp³-hybridized carbons (Fsp3) is 0.129. The van der Waals surface area contributed by atoms with E-state index in [1.54, 1.807) is 12.5 Å². The van der Waals surface area contributed by atoms with Gasteiger partial charge in [0, 0.05) is 37.0 Å². The van der Waals surface area contributed by atoms with Crippen molar-refractivity contribution in [3.05, 3.63) is 126 Å². The number of pyridine rings is 1. The molecule has 6 aromatic rings. The van der Waals surface area contributed by atoms with Crippen molar-refractivity contribution in [2.24, 2.45) is 0 Å². The maximum atomic E-state index is 6.23. The van der Waals surface area contributed by atoms with E-state index in [4.69, 9.17) is 9.72 Å². The third kappa shape index (κ3) is 4.61. The van der Waals surface area contributed by atoms with Gasteiger partial charge in [-0.2, -0.15) is 0 Å². The van der Waals surface area contributed by atoms with Gasteiger partial charge in [-0.25, -0.2) is 9.97 Å². The third-order valence-electron chi connectivity index (χ3n) is 6.81. The van der Waals surface area contributed by atoms with Gasteiger partial charge < -0.3 is 13.9 Å². The van der Waals surface area contributed by atoms with E-state index in [2.05, 4.69) is 64.8 Å². The van der Waals surface area contributed by atoms with E-state index < -0.39 is 0 Å². The van der Waals surface area contributed by atoms with Gasteiger partial charge in [0.2, 0.25) is 0 Å². The van der Waals surface area contributed by atoms with Gasteiger partial charge in [-0.15, -0.1) is 0 Å². The first-order valence-electron chi connectivity index (χ1n) is 12.3. The van der Waals surface area contributed by atoms with Crippen LogP contribution < -0.4 is 4.74 Å². The minimum atomic E-state index is 0.370. The summed E-state index contributed by atoms with van der Waals surface area (Å²) in [4.78, 5) is 13.3. The van der Waals surface area contributed by atoms with Crippen LogP contribution in [-0.4, -0.2) is 24.1 Å². The highest BCUT2D eigenvalue weighted by molar-refractivity contribution is 5.82. The molecule has 0 unspecified atom stereocenters. The smallest absolute Gasteiger partial charge is 0.148 e. The molecule has 0 fully saturated rings. The number of ether oxygens (including phenoxy) is 1. The summed E-state index contributed by atoms with van der Waals surface area (Å²) in [5.41, 5.74) is 9.21. The summed E-state index contributed by atoms with van der Waals surface area (Å²) in [5, 5.41) is 0. The predicted molar refractivity (Wildman–Crippen MR) is 146 cm³/mol. The quantitative estimate of drug-likeness (QED) is 0.258. The number of rotatable bonds is 7. The van der Waals surface area contributed by atoms with Crippen molar-refractivity contribution in [3.8, 4) is 22.6 Å². The maximum absolute atomic E-state index is 6.23. The van der Waals surface area contributed by atoms with Crippen LogP contribution in [0.1, 0.15) is 22.5 Å². The lowest BCUT2D eigenvalue weighted by Crippen LogP contribution is -2.10. The number of imidazole rings is 2. The molecule has 3 aromatic heterocycles. The van der Waals surface area contributed by atoms with Gasteiger partial charge in [-0.3, -0.25) is 4.98 Å². The first-order valence-corrected chi connectivity index (χ1v) is 12.3. The summed E-state index contributed by atoms with van der Waals surface area (Å²) in [6.07, 6.45) is 9.12. The van der Waals surface area contributed by atoms with Crippen LogP contribution in [0.25, 0.3) is 27.8 Å². The summed E-state index contributed by atoms with van der Waals surface area (Å²) in [5.74, 6) is 1.69. The van der Waals surface area contributed by atoms with Gasteiger partial charge in [-0.1, -0.05) is 24.3 Å². The number of benzene rings is 3. The summed E-state index contributed by atoms with van der Waals surface area (Å²) in [7, 11) is 0. The fourth-order valence-corrected chi connectivity index (χ4v) is 4.71. The summed E-state index contributed by atoms with van der Waals surface area (Å²) in [6.45, 7) is 5.44. The topological polar surface area (TPSA) is 57.8 Å². The van der Waals surface area contributed by atoms with E-state index in [-0.39, 0.29) is 0 Å². The van der Waals surface area contributed by atoms with Crippen molar-refractivity contribution in [1.29, 1.82) is 0 Å². The number of aryl methyl sites for hydroxylation is 2. The van der Waals surface area contributed by atoms with Gasteiger partial charge >= 0.3 is 0 Å². The number of nitrogens with zero attached hydrogens (tertiary/aromatic N) is 5. The molecule has 0 amide bonds. The zero-order chi connectivity index (χ0) is 25.2. The van der Waals surface area contributed by atoms with Crippen LogP contribution in [0.4, 0.5) is 0 Å². The molecule has 37 heavy (non-hydrogen) atoms. The predicted octanol–water partition coefficient (Wildman–Crippen LogP) is 6.53. The number of hydrogen-bond donors (Lipinski definition) is 0. The van der Waals surface area contributed by atoms with Crippen molar-refractivity contribution in [3.63, 3.8) is 0 Å². The largest absolute Gasteiger partial charge is 0.486 e. The highest BCUT2D eigenvalue weighted by atomic mass is 16.5. The van der Waals surface area contributed by atoms with E-state index in [1.807, 2.05) is 59.6 Å². The number of fused-ring (bicyclic) bond motifs is 1. The third-order valence-corrected chi connectivity index (χ3v) is 6.81. The van der Waals surface area contributed by atoms with Crippen LogP contribution >= 0.6 is 0 Å². The molecule has 0 radical (unpaired) electrons. The second kappa shape index (κ2) is 9.74. The molecule has 0 aliphatic rings. The summed E-state index contributed by atoms with van der Waals surface area (Å²) < 4.78 is 10.5. The summed E-state index contributed by atoms with van der Waals surface area (Å²) >= 11 is 0. The van der Waals surface area contributed by atoms with Crippen LogP contribution in [0.5, 0.6) is 5.75 Å². The first-order chi connectivity index (χ1) is 18.2. The average Bonchev–Trinajstić information content (AvgIpc) is 3.59. The molecule has 6 nitrogen and oxygen atoms in total. The second-order valence-electron chi connectivity index (χ2n) is 9.18. The lowest BCUT2D eigenvalue weighted by Gasteiger charge is -2.15. The standard InChI is InChI=1S/C31H27N5O/c1-22-4-3-5-23(2)28(22)19-36-30-18-25(24-12-14-32-15-13-24)6-11-29(30)34-31(36)20-37-27-9-7-26(8-10-27)35-17-16-33-21-35/h3-18,21H,19-20H2,1-2H3. The van der Waals surface area contributed by atoms with E-state index in [9.17, 15) is 0 Å². The Labute approximate surface area is 215 Å². The molecule has 0 saturated carbocycles. The highest BCUT2D eigenvalue weighted by Crippen LogP contribution is 2.27. The van der Waals surface area contributed by atoms with Crippen molar-refractivity contribution < 1.29 is 4.74 Å². The molecule has 182 valence electrons. The molecule has 0 atom stereocenters. The molecular weight excluding hydrogens is 458 g/mol. The molecule has 0 saturated heterocycles. The first kappa shape index (κ1) is 22.7. The van der Waals surface area contributed by atoms with E-state index >= 15 is 0 Å². The van der Waals surface area contributed by atoms with Crippen molar-refractivity contribution >= 4 is 11.0 Å². The number of hydrogen-bond acceptors (Lipinski definition) is 4. The van der Waals surface area contributed by atoms with Gasteiger partial charge in [0.1, 0.15) is 18.2 Å². The molecule has 0 aliphatic heterocycles. The molecule has 0 spiro atoms. The molecule has 3 aromatic carbocycles. The average molecular weight is 486 g/mol. The highest BCUT2D eigenvalue weighted by Gasteiger charge is 2.15. The molecule has 0 aliphatic carbocycles. The zero-order valence-corrected chi connectivity index (χ0v) is 20.9. The Balaban J connectivity index is 1.36. The van der Waals surface area contributed by atoms with Crippen LogP contribution in [0.3, 0.4) is 0 Å². The van der Waals surface area contributed by atoms with E-state index in [0.29, 0.717) is 6.61 Å². The Morgan fingerprint density at radius 1 is 0.784 bits per heavy atom. The van der Waals surface area contributed by atoms with Gasteiger partial charge in [-0.05, 0) is 90.2 Å². The Bertz CT molecular complexity index is 1630. The van der Waals surface area contributed by atoms with Crippen LogP contribution in [-0.2, 0) is 13.2 Å². The monoisotopic (exact) mass is 485 g/mol. The van der Waals surface area contributed by atoms with Crippen molar-refractivity contribution in [2.45, 2.75) is 27.0 Å².